The Morgan fingerprint density at radius 1 is 0.417 bits per heavy atom. The molecular formula is C30H32N2O2P2. The van der Waals surface area contributed by atoms with Crippen LogP contribution in [0.1, 0.15) is 25.7 Å². The summed E-state index contributed by atoms with van der Waals surface area (Å²) in [6.45, 7) is 0. The number of hydrogen-bond donors (Lipinski definition) is 2. The van der Waals surface area contributed by atoms with E-state index in [0.29, 0.717) is 0 Å². The highest BCUT2D eigenvalue weighted by Gasteiger charge is 2.35. The second-order valence-corrected chi connectivity index (χ2v) is 14.4. The van der Waals surface area contributed by atoms with Gasteiger partial charge in [0.25, 0.3) is 0 Å². The van der Waals surface area contributed by atoms with Crippen LogP contribution in [0.15, 0.2) is 121 Å². The molecule has 36 heavy (non-hydrogen) atoms. The van der Waals surface area contributed by atoms with E-state index < -0.39 is 14.6 Å². The van der Waals surface area contributed by atoms with Crippen LogP contribution in [0, 0.1) is 0 Å². The third kappa shape index (κ3) is 5.33. The number of nitrogens with one attached hydrogen (secondary N) is 2. The maximum atomic E-state index is 14.4. The Balaban J connectivity index is 1.33. The van der Waals surface area contributed by atoms with E-state index in [-0.39, 0.29) is 12.1 Å². The minimum absolute atomic E-state index is 0.127. The summed E-state index contributed by atoms with van der Waals surface area (Å²) in [7, 11) is -5.95. The molecular weight excluding hydrogens is 482 g/mol. The molecule has 184 valence electrons. The lowest BCUT2D eigenvalue weighted by molar-refractivity contribution is 0.358. The molecule has 0 aromatic heterocycles. The van der Waals surface area contributed by atoms with E-state index in [1.165, 1.54) is 0 Å². The third-order valence-electron chi connectivity index (χ3n) is 6.94. The standard InChI is InChI=1S/C30H32N2O2P2/c33-35(27-13-5-1-6-14-27,28-15-7-2-8-16-28)31-25-21-23-26(24-22-25)32-36(34,29-17-9-3-10-18-29)30-19-11-4-12-20-30/h1-20,25-26H,21-24H2,(H,31,33)(H,32,34). The molecule has 1 aliphatic rings. The quantitative estimate of drug-likeness (QED) is 0.312. The van der Waals surface area contributed by atoms with Gasteiger partial charge in [0.2, 0.25) is 14.6 Å². The van der Waals surface area contributed by atoms with Gasteiger partial charge in [-0.15, -0.1) is 0 Å². The van der Waals surface area contributed by atoms with Crippen molar-refractivity contribution in [2.24, 2.45) is 0 Å². The molecule has 0 heterocycles. The highest BCUT2D eigenvalue weighted by atomic mass is 31.2. The lowest BCUT2D eigenvalue weighted by Gasteiger charge is -2.35. The first-order chi connectivity index (χ1) is 17.6. The maximum absolute atomic E-state index is 14.4. The first-order valence-electron chi connectivity index (χ1n) is 12.6. The van der Waals surface area contributed by atoms with Gasteiger partial charge in [0.05, 0.1) is 0 Å². The van der Waals surface area contributed by atoms with E-state index in [2.05, 4.69) is 10.2 Å². The van der Waals surface area contributed by atoms with E-state index in [1.807, 2.05) is 121 Å². The van der Waals surface area contributed by atoms with Crippen molar-refractivity contribution in [3.05, 3.63) is 121 Å². The van der Waals surface area contributed by atoms with Crippen LogP contribution in [0.25, 0.3) is 0 Å². The van der Waals surface area contributed by atoms with Gasteiger partial charge in [0.15, 0.2) is 0 Å². The molecule has 1 fully saturated rings. The molecule has 5 rings (SSSR count). The van der Waals surface area contributed by atoms with Crippen LogP contribution in [0.4, 0.5) is 0 Å². The van der Waals surface area contributed by atoms with Crippen molar-refractivity contribution < 1.29 is 9.13 Å². The Morgan fingerprint density at radius 3 is 0.861 bits per heavy atom. The van der Waals surface area contributed by atoms with Crippen LogP contribution in [-0.4, -0.2) is 12.1 Å². The summed E-state index contributed by atoms with van der Waals surface area (Å²) < 4.78 is 28.8. The fourth-order valence-corrected chi connectivity index (χ4v) is 10.1. The molecule has 0 atom stereocenters. The number of hydrogen-bond acceptors (Lipinski definition) is 2. The van der Waals surface area contributed by atoms with E-state index in [4.69, 9.17) is 0 Å². The number of benzene rings is 4. The lowest BCUT2D eigenvalue weighted by Crippen LogP contribution is -2.42. The molecule has 0 saturated heterocycles. The molecule has 2 N–H and O–H groups in total. The zero-order chi connectivity index (χ0) is 24.8. The van der Waals surface area contributed by atoms with Gasteiger partial charge in [-0.1, -0.05) is 72.8 Å². The van der Waals surface area contributed by atoms with Crippen LogP contribution in [0.3, 0.4) is 0 Å². The molecule has 1 saturated carbocycles. The Bertz CT molecular complexity index is 1150. The molecule has 4 nitrogen and oxygen atoms in total. The summed E-state index contributed by atoms with van der Waals surface area (Å²) in [4.78, 5) is 0. The molecule has 0 aliphatic heterocycles. The molecule has 1 aliphatic carbocycles. The molecule has 6 heteroatoms. The monoisotopic (exact) mass is 514 g/mol. The predicted molar refractivity (Wildman–Crippen MR) is 152 cm³/mol. The van der Waals surface area contributed by atoms with Gasteiger partial charge in [0, 0.05) is 33.3 Å². The fraction of sp³-hybridized carbons (Fsp3) is 0.200. The van der Waals surface area contributed by atoms with Gasteiger partial charge in [-0.3, -0.25) is 19.3 Å². The molecule has 0 radical (unpaired) electrons. The van der Waals surface area contributed by atoms with E-state index in [9.17, 15) is 9.13 Å². The summed E-state index contributed by atoms with van der Waals surface area (Å²) in [5, 5.41) is 10.5. The largest absolute Gasteiger partial charge is 0.297 e. The second-order valence-electron chi connectivity index (χ2n) is 9.37. The molecule has 0 unspecified atom stereocenters. The van der Waals surface area contributed by atoms with Gasteiger partial charge in [0.1, 0.15) is 0 Å². The molecule has 0 amide bonds. The Kier molecular flexibility index (Phi) is 7.70. The SMILES string of the molecule is O=P(NC1CCC(NP(=O)(c2ccccc2)c2ccccc2)CC1)(c1ccccc1)c1ccccc1. The van der Waals surface area contributed by atoms with E-state index in [1.54, 1.807) is 0 Å². The minimum Gasteiger partial charge on any atom is -0.297 e. The number of rotatable bonds is 8. The van der Waals surface area contributed by atoms with Crippen molar-refractivity contribution >= 4 is 35.8 Å². The summed E-state index contributed by atoms with van der Waals surface area (Å²) in [6.07, 6.45) is 3.46. The van der Waals surface area contributed by atoms with Crippen molar-refractivity contribution in [3.8, 4) is 0 Å². The minimum atomic E-state index is -2.97. The predicted octanol–water partition coefficient (Wildman–Crippen LogP) is 5.34. The van der Waals surface area contributed by atoms with Gasteiger partial charge >= 0.3 is 0 Å². The Morgan fingerprint density at radius 2 is 0.639 bits per heavy atom. The lowest BCUT2D eigenvalue weighted by atomic mass is 9.92. The zero-order valence-electron chi connectivity index (χ0n) is 20.2. The average molecular weight is 515 g/mol. The molecule has 0 bridgehead atoms. The van der Waals surface area contributed by atoms with Crippen LogP contribution >= 0.6 is 14.6 Å². The maximum Gasteiger partial charge on any atom is 0.204 e. The third-order valence-corrected chi connectivity index (χ3v) is 12.5. The van der Waals surface area contributed by atoms with Crippen molar-refractivity contribution in [1.29, 1.82) is 0 Å². The van der Waals surface area contributed by atoms with Crippen molar-refractivity contribution in [3.63, 3.8) is 0 Å². The molecule has 0 spiro atoms. The van der Waals surface area contributed by atoms with Gasteiger partial charge in [-0.2, -0.15) is 0 Å². The van der Waals surface area contributed by atoms with E-state index >= 15 is 0 Å². The van der Waals surface area contributed by atoms with Crippen molar-refractivity contribution in [2.75, 3.05) is 0 Å². The highest BCUT2D eigenvalue weighted by molar-refractivity contribution is 7.77. The average Bonchev–Trinajstić information content (AvgIpc) is 2.96. The summed E-state index contributed by atoms with van der Waals surface area (Å²) >= 11 is 0. The normalized spacial score (nSPS) is 18.6. The highest BCUT2D eigenvalue weighted by Crippen LogP contribution is 2.43. The van der Waals surface area contributed by atoms with Crippen LogP contribution in [-0.2, 0) is 9.13 Å². The molecule has 4 aromatic carbocycles. The van der Waals surface area contributed by atoms with Crippen molar-refractivity contribution in [2.45, 2.75) is 37.8 Å². The summed E-state index contributed by atoms with van der Waals surface area (Å²) in [5.74, 6) is 0. The van der Waals surface area contributed by atoms with Crippen LogP contribution in [0.2, 0.25) is 0 Å². The molecule has 4 aromatic rings. The first kappa shape index (κ1) is 24.9. The van der Waals surface area contributed by atoms with Crippen LogP contribution in [0.5, 0.6) is 0 Å². The topological polar surface area (TPSA) is 58.2 Å². The van der Waals surface area contributed by atoms with Gasteiger partial charge in [-0.05, 0) is 74.2 Å². The van der Waals surface area contributed by atoms with Crippen molar-refractivity contribution in [1.82, 2.24) is 10.2 Å². The van der Waals surface area contributed by atoms with E-state index in [0.717, 1.165) is 46.9 Å². The smallest absolute Gasteiger partial charge is 0.204 e. The first-order valence-corrected chi connectivity index (χ1v) is 16.0. The fourth-order valence-electron chi connectivity index (χ4n) is 5.01. The van der Waals surface area contributed by atoms with Gasteiger partial charge in [-0.25, -0.2) is 0 Å². The Hall–Kier alpha value is -2.74. The second kappa shape index (κ2) is 11.1. The summed E-state index contributed by atoms with van der Waals surface area (Å²) in [5.41, 5.74) is 0. The zero-order valence-corrected chi connectivity index (χ0v) is 22.0. The summed E-state index contributed by atoms with van der Waals surface area (Å²) in [6, 6.07) is 39.2. The van der Waals surface area contributed by atoms with Gasteiger partial charge < -0.3 is 0 Å². The Labute approximate surface area is 214 Å². The van der Waals surface area contributed by atoms with Crippen LogP contribution < -0.4 is 31.4 Å².